The monoisotopic (exact) mass is 263 g/mol. The Morgan fingerprint density at radius 2 is 2.21 bits per heavy atom. The van der Waals surface area contributed by atoms with Crippen LogP contribution in [0.3, 0.4) is 0 Å². The lowest BCUT2D eigenvalue weighted by molar-refractivity contribution is -0.384. The van der Waals surface area contributed by atoms with Gasteiger partial charge in [0.25, 0.3) is 5.91 Å². The third kappa shape index (κ3) is 3.43. The Hall–Kier alpha value is -2.11. The van der Waals surface area contributed by atoms with Gasteiger partial charge in [0.15, 0.2) is 0 Å². The first-order valence-corrected chi connectivity index (χ1v) is 6.40. The van der Waals surface area contributed by atoms with Crippen molar-refractivity contribution in [1.82, 2.24) is 5.32 Å². The van der Waals surface area contributed by atoms with Gasteiger partial charge in [0.1, 0.15) is 11.3 Å². The Balaban J connectivity index is 1.97. The van der Waals surface area contributed by atoms with Crippen LogP contribution in [0.4, 0.5) is 11.4 Å². The van der Waals surface area contributed by atoms with E-state index in [0.717, 1.165) is 18.8 Å². The van der Waals surface area contributed by atoms with Gasteiger partial charge in [0, 0.05) is 6.54 Å². The lowest BCUT2D eigenvalue weighted by atomic mass is 10.1. The van der Waals surface area contributed by atoms with Gasteiger partial charge in [-0.25, -0.2) is 0 Å². The molecule has 1 amide bonds. The molecular weight excluding hydrogens is 246 g/mol. The number of carbonyl (C=O) groups excluding carboxylic acids is 1. The maximum absolute atomic E-state index is 11.9. The zero-order valence-electron chi connectivity index (χ0n) is 10.6. The first-order chi connectivity index (χ1) is 9.09. The summed E-state index contributed by atoms with van der Waals surface area (Å²) in [4.78, 5) is 22.2. The lowest BCUT2D eigenvalue weighted by Gasteiger charge is -2.06. The summed E-state index contributed by atoms with van der Waals surface area (Å²) in [5.74, 6) is 0.383. The van der Waals surface area contributed by atoms with Crippen molar-refractivity contribution in [1.29, 1.82) is 0 Å². The van der Waals surface area contributed by atoms with Gasteiger partial charge in [-0.05, 0) is 30.9 Å². The number of nitrogens with one attached hydrogen (secondary N) is 1. The zero-order valence-corrected chi connectivity index (χ0v) is 10.6. The van der Waals surface area contributed by atoms with Gasteiger partial charge in [0.2, 0.25) is 0 Å². The summed E-state index contributed by atoms with van der Waals surface area (Å²) < 4.78 is 0. The van der Waals surface area contributed by atoms with Gasteiger partial charge in [-0.2, -0.15) is 0 Å². The van der Waals surface area contributed by atoms with Crippen molar-refractivity contribution in [3.8, 4) is 0 Å². The van der Waals surface area contributed by atoms with Crippen LogP contribution < -0.4 is 11.1 Å². The van der Waals surface area contributed by atoms with Gasteiger partial charge in [-0.15, -0.1) is 0 Å². The molecule has 0 bridgehead atoms. The quantitative estimate of drug-likeness (QED) is 0.355. The van der Waals surface area contributed by atoms with E-state index in [1.165, 1.54) is 25.0 Å². The van der Waals surface area contributed by atoms with Crippen LogP contribution in [0, 0.1) is 16.0 Å². The SMILES string of the molecule is Nc1cccc(C(=O)NCCCC2CC2)c1[N+](=O)[O-]. The average molecular weight is 263 g/mol. The van der Waals surface area contributed by atoms with Crippen LogP contribution in [0.25, 0.3) is 0 Å². The summed E-state index contributed by atoms with van der Waals surface area (Å²) in [5.41, 5.74) is 5.26. The highest BCUT2D eigenvalue weighted by Crippen LogP contribution is 2.33. The summed E-state index contributed by atoms with van der Waals surface area (Å²) in [7, 11) is 0. The molecular formula is C13H17N3O3. The second-order valence-electron chi connectivity index (χ2n) is 4.84. The van der Waals surface area contributed by atoms with Crippen molar-refractivity contribution in [2.45, 2.75) is 25.7 Å². The van der Waals surface area contributed by atoms with Crippen LogP contribution in [0.2, 0.25) is 0 Å². The number of carbonyl (C=O) groups is 1. The molecule has 0 radical (unpaired) electrons. The minimum atomic E-state index is -0.617. The maximum Gasteiger partial charge on any atom is 0.304 e. The number of benzene rings is 1. The highest BCUT2D eigenvalue weighted by molar-refractivity contribution is 6.00. The smallest absolute Gasteiger partial charge is 0.304 e. The predicted octanol–water partition coefficient (Wildman–Crippen LogP) is 2.10. The van der Waals surface area contributed by atoms with E-state index < -0.39 is 10.8 Å². The summed E-state index contributed by atoms with van der Waals surface area (Å²) in [6, 6.07) is 4.38. The van der Waals surface area contributed by atoms with Crippen molar-refractivity contribution in [2.24, 2.45) is 5.92 Å². The average Bonchev–Trinajstić information content (AvgIpc) is 3.17. The molecule has 6 heteroatoms. The Kier molecular flexibility index (Phi) is 3.99. The molecule has 1 aromatic carbocycles. The number of para-hydroxylation sites is 1. The molecule has 1 aliphatic rings. The number of nitro benzene ring substituents is 1. The molecule has 3 N–H and O–H groups in total. The number of amides is 1. The number of nitro groups is 1. The highest BCUT2D eigenvalue weighted by Gasteiger charge is 2.23. The molecule has 0 saturated heterocycles. The van der Waals surface area contributed by atoms with Crippen LogP contribution in [-0.4, -0.2) is 17.4 Å². The number of rotatable bonds is 6. The second kappa shape index (κ2) is 5.69. The van der Waals surface area contributed by atoms with Crippen molar-refractivity contribution in [2.75, 3.05) is 12.3 Å². The third-order valence-electron chi connectivity index (χ3n) is 3.27. The molecule has 1 aliphatic carbocycles. The van der Waals surface area contributed by atoms with E-state index >= 15 is 0 Å². The molecule has 1 aromatic rings. The van der Waals surface area contributed by atoms with Crippen molar-refractivity contribution in [3.05, 3.63) is 33.9 Å². The molecule has 0 spiro atoms. The largest absolute Gasteiger partial charge is 0.393 e. The van der Waals surface area contributed by atoms with E-state index in [4.69, 9.17) is 5.73 Å². The predicted molar refractivity (Wildman–Crippen MR) is 71.8 cm³/mol. The first-order valence-electron chi connectivity index (χ1n) is 6.40. The topological polar surface area (TPSA) is 98.3 Å². The molecule has 1 fully saturated rings. The van der Waals surface area contributed by atoms with Gasteiger partial charge in [-0.1, -0.05) is 18.9 Å². The van der Waals surface area contributed by atoms with E-state index in [-0.39, 0.29) is 16.9 Å². The van der Waals surface area contributed by atoms with Crippen molar-refractivity contribution < 1.29 is 9.72 Å². The molecule has 0 atom stereocenters. The minimum absolute atomic E-state index is 0.00984. The molecule has 0 aliphatic heterocycles. The number of nitrogens with two attached hydrogens (primary N) is 1. The molecule has 2 rings (SSSR count). The summed E-state index contributed by atoms with van der Waals surface area (Å²) >= 11 is 0. The minimum Gasteiger partial charge on any atom is -0.393 e. The Morgan fingerprint density at radius 1 is 1.47 bits per heavy atom. The lowest BCUT2D eigenvalue weighted by Crippen LogP contribution is -2.25. The normalized spacial score (nSPS) is 14.1. The van der Waals surface area contributed by atoms with E-state index in [9.17, 15) is 14.9 Å². The molecule has 102 valence electrons. The molecule has 0 aromatic heterocycles. The maximum atomic E-state index is 11.9. The van der Waals surface area contributed by atoms with Crippen molar-refractivity contribution in [3.63, 3.8) is 0 Å². The van der Waals surface area contributed by atoms with E-state index in [0.29, 0.717) is 6.54 Å². The van der Waals surface area contributed by atoms with E-state index in [2.05, 4.69) is 5.32 Å². The molecule has 19 heavy (non-hydrogen) atoms. The summed E-state index contributed by atoms with van der Waals surface area (Å²) in [6.45, 7) is 0.543. The number of hydrogen-bond donors (Lipinski definition) is 2. The fourth-order valence-corrected chi connectivity index (χ4v) is 2.04. The van der Waals surface area contributed by atoms with E-state index in [1.54, 1.807) is 6.07 Å². The number of nitrogen functional groups attached to an aromatic ring is 1. The van der Waals surface area contributed by atoms with Crippen LogP contribution in [0.1, 0.15) is 36.0 Å². The van der Waals surface area contributed by atoms with Crippen LogP contribution in [-0.2, 0) is 0 Å². The van der Waals surface area contributed by atoms with Gasteiger partial charge in [-0.3, -0.25) is 14.9 Å². The fraction of sp³-hybridized carbons (Fsp3) is 0.462. The fourth-order valence-electron chi connectivity index (χ4n) is 2.04. The van der Waals surface area contributed by atoms with Gasteiger partial charge >= 0.3 is 5.69 Å². The Morgan fingerprint density at radius 3 is 2.84 bits per heavy atom. The number of nitrogens with zero attached hydrogens (tertiary/aromatic N) is 1. The summed E-state index contributed by atoms with van der Waals surface area (Å²) in [6.07, 6.45) is 4.59. The number of hydrogen-bond acceptors (Lipinski definition) is 4. The van der Waals surface area contributed by atoms with E-state index in [1.807, 2.05) is 0 Å². The van der Waals surface area contributed by atoms with Crippen LogP contribution >= 0.6 is 0 Å². The van der Waals surface area contributed by atoms with Crippen LogP contribution in [0.5, 0.6) is 0 Å². The van der Waals surface area contributed by atoms with Crippen LogP contribution in [0.15, 0.2) is 18.2 Å². The Labute approximate surface area is 111 Å². The highest BCUT2D eigenvalue weighted by atomic mass is 16.6. The first kappa shape index (κ1) is 13.3. The molecule has 6 nitrogen and oxygen atoms in total. The third-order valence-corrected chi connectivity index (χ3v) is 3.27. The van der Waals surface area contributed by atoms with Gasteiger partial charge in [0.05, 0.1) is 4.92 Å². The van der Waals surface area contributed by atoms with Crippen molar-refractivity contribution >= 4 is 17.3 Å². The standard InChI is InChI=1S/C13H17N3O3/c14-11-5-1-4-10(12(11)16(18)19)13(17)15-8-2-3-9-6-7-9/h1,4-5,9H,2-3,6-8,14H2,(H,15,17). The molecule has 0 unspecified atom stereocenters. The number of anilines is 1. The molecule has 0 heterocycles. The molecule has 1 saturated carbocycles. The summed E-state index contributed by atoms with van der Waals surface area (Å²) in [5, 5.41) is 13.6. The van der Waals surface area contributed by atoms with Gasteiger partial charge < -0.3 is 11.1 Å². The zero-order chi connectivity index (χ0) is 13.8. The second-order valence-corrected chi connectivity index (χ2v) is 4.84. The Bertz CT molecular complexity index is 498.